The van der Waals surface area contributed by atoms with Crippen LogP contribution < -0.4 is 0 Å². The van der Waals surface area contributed by atoms with Gasteiger partial charge < -0.3 is 0 Å². The van der Waals surface area contributed by atoms with Crippen molar-refractivity contribution in [3.05, 3.63) is 33.4 Å². The predicted molar refractivity (Wildman–Crippen MR) is 128 cm³/mol. The van der Waals surface area contributed by atoms with E-state index in [9.17, 15) is 0 Å². The van der Waals surface area contributed by atoms with Gasteiger partial charge in [0.15, 0.2) is 0 Å². The summed E-state index contributed by atoms with van der Waals surface area (Å²) in [5.74, 6) is 4.08. The highest BCUT2D eigenvalue weighted by atomic mass is 14.2. The predicted octanol–water partition coefficient (Wildman–Crippen LogP) is 9.20. The lowest BCUT2D eigenvalue weighted by molar-refractivity contribution is 0.308. The minimum Gasteiger partial charge on any atom is -0.0625 e. The Kier molecular flexibility index (Phi) is 10.9. The first-order valence-corrected chi connectivity index (χ1v) is 12.1. The van der Waals surface area contributed by atoms with E-state index in [2.05, 4.69) is 69.2 Å². The first-order chi connectivity index (χ1) is 13.0. The van der Waals surface area contributed by atoms with E-state index < -0.39 is 0 Å². The molecule has 1 aromatic carbocycles. The van der Waals surface area contributed by atoms with E-state index in [1.165, 1.54) is 84.7 Å². The molecule has 0 nitrogen and oxygen atoms in total. The summed E-state index contributed by atoms with van der Waals surface area (Å²) >= 11 is 0. The van der Waals surface area contributed by atoms with Crippen LogP contribution in [0, 0.1) is 65.2 Å². The number of hydrogen-bond donors (Lipinski definition) is 0. The summed E-state index contributed by atoms with van der Waals surface area (Å²) in [6.45, 7) is 22.7. The molecule has 28 heavy (non-hydrogen) atoms. The van der Waals surface area contributed by atoms with Gasteiger partial charge in [0.1, 0.15) is 0 Å². The third-order valence-electron chi connectivity index (χ3n) is 7.98. The van der Waals surface area contributed by atoms with Crippen LogP contribution in [-0.4, -0.2) is 0 Å². The summed E-state index contributed by atoms with van der Waals surface area (Å²) in [4.78, 5) is 0. The van der Waals surface area contributed by atoms with Gasteiger partial charge in [0.05, 0.1) is 0 Å². The Morgan fingerprint density at radius 2 is 0.429 bits per heavy atom. The molecule has 0 radical (unpaired) electrons. The number of rotatable bonds is 0. The van der Waals surface area contributed by atoms with Crippen molar-refractivity contribution in [3.63, 3.8) is 0 Å². The highest BCUT2D eigenvalue weighted by Crippen LogP contribution is 2.28. The largest absolute Gasteiger partial charge is 0.0625 e. The first-order valence-electron chi connectivity index (χ1n) is 12.1. The Labute approximate surface area is 177 Å². The fourth-order valence-electron chi connectivity index (χ4n) is 4.54. The molecule has 0 amide bonds. The molecule has 0 atom stereocenters. The van der Waals surface area contributed by atoms with Crippen LogP contribution in [0.5, 0.6) is 0 Å². The monoisotopic (exact) mass is 386 g/mol. The molecule has 0 heterocycles. The van der Waals surface area contributed by atoms with Crippen LogP contribution in [0.4, 0.5) is 0 Å². The summed E-state index contributed by atoms with van der Waals surface area (Å²) in [6.07, 6.45) is 11.8. The molecule has 2 fully saturated rings. The van der Waals surface area contributed by atoms with Gasteiger partial charge in [-0.3, -0.25) is 0 Å². The van der Waals surface area contributed by atoms with Crippen LogP contribution in [-0.2, 0) is 0 Å². The SMILES string of the molecule is CC1CCC(C)CC1.CC1CCC(C)CC1.Cc1c(C)c(C)c(C)c(C)c1C. The molecule has 0 aromatic heterocycles. The Balaban J connectivity index is 0.000000217. The van der Waals surface area contributed by atoms with Crippen LogP contribution in [0.2, 0.25) is 0 Å². The van der Waals surface area contributed by atoms with Gasteiger partial charge in [-0.15, -0.1) is 0 Å². The minimum atomic E-state index is 1.02. The van der Waals surface area contributed by atoms with Gasteiger partial charge in [0.2, 0.25) is 0 Å². The lowest BCUT2D eigenvalue weighted by atomic mass is 9.84. The molecule has 0 saturated heterocycles. The van der Waals surface area contributed by atoms with Gasteiger partial charge >= 0.3 is 0 Å². The van der Waals surface area contributed by atoms with E-state index in [0.717, 1.165) is 23.7 Å². The van der Waals surface area contributed by atoms with Crippen molar-refractivity contribution >= 4 is 0 Å². The van der Waals surface area contributed by atoms with Crippen LogP contribution in [0.3, 0.4) is 0 Å². The molecule has 1 aromatic rings. The summed E-state index contributed by atoms with van der Waals surface area (Å²) < 4.78 is 0. The van der Waals surface area contributed by atoms with Gasteiger partial charge in [0.25, 0.3) is 0 Å². The molecule has 0 heteroatoms. The van der Waals surface area contributed by atoms with Gasteiger partial charge in [-0.05, 0) is 98.6 Å². The molecule has 0 spiro atoms. The Bertz CT molecular complexity index is 434. The number of benzene rings is 1. The normalized spacial score (nSPS) is 27.2. The van der Waals surface area contributed by atoms with Crippen LogP contribution >= 0.6 is 0 Å². The first kappa shape index (κ1) is 25.3. The van der Waals surface area contributed by atoms with E-state index in [0.29, 0.717) is 0 Å². The zero-order valence-electron chi connectivity index (χ0n) is 21.0. The maximum Gasteiger partial charge on any atom is -0.0392 e. The van der Waals surface area contributed by atoms with Gasteiger partial charge in [-0.1, -0.05) is 79.1 Å². The van der Waals surface area contributed by atoms with Crippen LogP contribution in [0.15, 0.2) is 0 Å². The van der Waals surface area contributed by atoms with Gasteiger partial charge in [-0.25, -0.2) is 0 Å². The number of hydrogen-bond acceptors (Lipinski definition) is 0. The third-order valence-corrected chi connectivity index (χ3v) is 7.98. The van der Waals surface area contributed by atoms with E-state index in [1.54, 1.807) is 0 Å². The summed E-state index contributed by atoms with van der Waals surface area (Å²) in [5.41, 5.74) is 8.73. The second kappa shape index (κ2) is 12.0. The Morgan fingerprint density at radius 3 is 0.536 bits per heavy atom. The Hall–Kier alpha value is -0.780. The molecule has 0 bridgehead atoms. The molecule has 0 unspecified atom stereocenters. The van der Waals surface area contributed by atoms with Crippen LogP contribution in [0.1, 0.15) is 112 Å². The molecule has 0 N–H and O–H groups in total. The zero-order valence-corrected chi connectivity index (χ0v) is 21.0. The van der Waals surface area contributed by atoms with Crippen molar-refractivity contribution in [2.75, 3.05) is 0 Å². The van der Waals surface area contributed by atoms with Gasteiger partial charge in [0, 0.05) is 0 Å². The van der Waals surface area contributed by atoms with Crippen molar-refractivity contribution in [2.45, 2.75) is 121 Å². The van der Waals surface area contributed by atoms with Crippen molar-refractivity contribution in [1.82, 2.24) is 0 Å². The smallest absolute Gasteiger partial charge is 0.0392 e. The molecular formula is C28H50. The third kappa shape index (κ3) is 7.92. The molecule has 162 valence electrons. The summed E-state index contributed by atoms with van der Waals surface area (Å²) in [7, 11) is 0. The maximum atomic E-state index is 2.37. The fraction of sp³-hybridized carbons (Fsp3) is 0.786. The van der Waals surface area contributed by atoms with Crippen molar-refractivity contribution in [3.8, 4) is 0 Å². The van der Waals surface area contributed by atoms with Crippen molar-refractivity contribution in [1.29, 1.82) is 0 Å². The lowest BCUT2D eigenvalue weighted by Crippen LogP contribution is -2.08. The average Bonchev–Trinajstić information content (AvgIpc) is 2.69. The van der Waals surface area contributed by atoms with E-state index in [1.807, 2.05) is 0 Å². The summed E-state index contributed by atoms with van der Waals surface area (Å²) in [6, 6.07) is 0. The second-order valence-electron chi connectivity index (χ2n) is 10.5. The highest BCUT2D eigenvalue weighted by Gasteiger charge is 2.14. The quantitative estimate of drug-likeness (QED) is 0.417. The molecular weight excluding hydrogens is 336 g/mol. The van der Waals surface area contributed by atoms with Crippen molar-refractivity contribution in [2.24, 2.45) is 23.7 Å². The topological polar surface area (TPSA) is 0 Å². The standard InChI is InChI=1S/C12H18.2C8H16/c1-7-8(2)10(4)12(6)11(5)9(7)3;2*1-7-3-5-8(2)6-4-7/h1-6H3;2*7-8H,3-6H2,1-2H3. The highest BCUT2D eigenvalue weighted by molar-refractivity contribution is 5.48. The van der Waals surface area contributed by atoms with Crippen molar-refractivity contribution < 1.29 is 0 Å². The fourth-order valence-corrected chi connectivity index (χ4v) is 4.54. The van der Waals surface area contributed by atoms with E-state index in [-0.39, 0.29) is 0 Å². The molecule has 0 aliphatic heterocycles. The average molecular weight is 387 g/mol. The lowest BCUT2D eigenvalue weighted by Gasteiger charge is -2.22. The van der Waals surface area contributed by atoms with E-state index >= 15 is 0 Å². The molecule has 2 aliphatic carbocycles. The summed E-state index contributed by atoms with van der Waals surface area (Å²) in [5, 5.41) is 0. The Morgan fingerprint density at radius 1 is 0.321 bits per heavy atom. The van der Waals surface area contributed by atoms with E-state index in [4.69, 9.17) is 0 Å². The molecule has 3 rings (SSSR count). The zero-order chi connectivity index (χ0) is 21.4. The maximum absolute atomic E-state index is 2.37. The molecule has 2 saturated carbocycles. The second-order valence-corrected chi connectivity index (χ2v) is 10.5. The van der Waals surface area contributed by atoms with Gasteiger partial charge in [-0.2, -0.15) is 0 Å². The minimum absolute atomic E-state index is 1.02. The van der Waals surface area contributed by atoms with Crippen LogP contribution in [0.25, 0.3) is 0 Å². The molecule has 2 aliphatic rings.